The van der Waals surface area contributed by atoms with Crippen LogP contribution in [0.2, 0.25) is 0 Å². The number of rotatable bonds is 7. The predicted octanol–water partition coefficient (Wildman–Crippen LogP) is 1.91. The van der Waals surface area contributed by atoms with Crippen molar-refractivity contribution in [3.63, 3.8) is 0 Å². The van der Waals surface area contributed by atoms with E-state index in [-0.39, 0.29) is 22.3 Å². The molecule has 3 rings (SSSR count). The molecule has 2 aromatic heterocycles. The molecule has 1 unspecified atom stereocenters. The fourth-order valence-electron chi connectivity index (χ4n) is 2.48. The van der Waals surface area contributed by atoms with Crippen LogP contribution in [0.5, 0.6) is 0 Å². The highest BCUT2D eigenvalue weighted by Gasteiger charge is 2.28. The Bertz CT molecular complexity index is 1060. The van der Waals surface area contributed by atoms with E-state index in [1.807, 2.05) is 13.8 Å². The van der Waals surface area contributed by atoms with Crippen molar-refractivity contribution < 1.29 is 17.7 Å². The average molecular weight is 401 g/mol. The first kappa shape index (κ1) is 19.6. The van der Waals surface area contributed by atoms with E-state index in [0.717, 1.165) is 0 Å². The van der Waals surface area contributed by atoms with E-state index >= 15 is 0 Å². The average Bonchev–Trinajstić information content (AvgIpc) is 3.16. The van der Waals surface area contributed by atoms with Crippen LogP contribution in [0, 0.1) is 5.92 Å². The van der Waals surface area contributed by atoms with Crippen molar-refractivity contribution in [1.29, 1.82) is 0 Å². The highest BCUT2D eigenvalue weighted by atomic mass is 32.2. The van der Waals surface area contributed by atoms with Crippen LogP contribution in [0.3, 0.4) is 0 Å². The minimum absolute atomic E-state index is 0.00276. The van der Waals surface area contributed by atoms with E-state index in [4.69, 9.17) is 10.3 Å². The van der Waals surface area contributed by atoms with E-state index in [1.54, 1.807) is 24.5 Å². The van der Waals surface area contributed by atoms with E-state index < -0.39 is 22.0 Å². The lowest BCUT2D eigenvalue weighted by Gasteiger charge is -2.18. The monoisotopic (exact) mass is 401 g/mol. The first-order valence-electron chi connectivity index (χ1n) is 8.44. The Morgan fingerprint density at radius 1 is 1.11 bits per heavy atom. The van der Waals surface area contributed by atoms with Crippen LogP contribution in [-0.4, -0.2) is 29.4 Å². The number of nitrogens with two attached hydrogens (primary N) is 1. The fourth-order valence-corrected chi connectivity index (χ4v) is 3.82. The Balaban J connectivity index is 1.87. The molecule has 146 valence electrons. The van der Waals surface area contributed by atoms with Crippen LogP contribution in [0.25, 0.3) is 11.4 Å². The number of carbonyl (C=O) groups is 1. The molecule has 1 aromatic carbocycles. The van der Waals surface area contributed by atoms with Gasteiger partial charge in [0.1, 0.15) is 6.04 Å². The Kier molecular flexibility index (Phi) is 5.52. The lowest BCUT2D eigenvalue weighted by molar-refractivity contribution is 0.1000. The molecule has 1 amide bonds. The Labute approximate surface area is 162 Å². The van der Waals surface area contributed by atoms with Crippen LogP contribution in [-0.2, 0) is 10.0 Å². The summed E-state index contributed by atoms with van der Waals surface area (Å²) in [7, 11) is -3.89. The second-order valence-electron chi connectivity index (χ2n) is 6.42. The molecule has 0 spiro atoms. The maximum absolute atomic E-state index is 12.8. The highest BCUT2D eigenvalue weighted by molar-refractivity contribution is 7.89. The molecule has 9 nitrogen and oxygen atoms in total. The standard InChI is InChI=1S/C18H19N5O4S/c1-11(2)15(18-21-17(22-27-18)13-7-9-20-10-8-13)23-28(25,26)14-5-3-12(4-6-14)16(19)24/h3-11,15,23H,1-2H3,(H2,19,24). The minimum Gasteiger partial charge on any atom is -0.366 e. The molecule has 1 atom stereocenters. The molecule has 10 heteroatoms. The fraction of sp³-hybridized carbons (Fsp3) is 0.222. The van der Waals surface area contributed by atoms with Gasteiger partial charge in [0.15, 0.2) is 0 Å². The smallest absolute Gasteiger partial charge is 0.248 e. The van der Waals surface area contributed by atoms with Gasteiger partial charge in [-0.3, -0.25) is 9.78 Å². The molecule has 0 radical (unpaired) electrons. The zero-order chi connectivity index (χ0) is 20.3. The second-order valence-corrected chi connectivity index (χ2v) is 8.14. The number of carbonyl (C=O) groups excluding carboxylic acids is 1. The summed E-state index contributed by atoms with van der Waals surface area (Å²) < 4.78 is 33.4. The minimum atomic E-state index is -3.89. The van der Waals surface area contributed by atoms with E-state index in [1.165, 1.54) is 24.3 Å². The topological polar surface area (TPSA) is 141 Å². The quantitative estimate of drug-likeness (QED) is 0.616. The SMILES string of the molecule is CC(C)C(NS(=O)(=O)c1ccc(C(N)=O)cc1)c1nc(-c2ccncc2)no1. The largest absolute Gasteiger partial charge is 0.366 e. The van der Waals surface area contributed by atoms with Crippen molar-refractivity contribution in [2.75, 3.05) is 0 Å². The van der Waals surface area contributed by atoms with E-state index in [0.29, 0.717) is 11.4 Å². The molecule has 0 saturated carbocycles. The number of nitrogens with zero attached hydrogens (tertiary/aromatic N) is 3. The van der Waals surface area contributed by atoms with Crippen molar-refractivity contribution in [2.45, 2.75) is 24.8 Å². The summed E-state index contributed by atoms with van der Waals surface area (Å²) in [6, 6.07) is 8.06. The van der Waals surface area contributed by atoms with Gasteiger partial charge in [0.2, 0.25) is 27.6 Å². The summed E-state index contributed by atoms with van der Waals surface area (Å²) in [5.41, 5.74) is 6.11. The number of amides is 1. The van der Waals surface area contributed by atoms with Gasteiger partial charge in [-0.25, -0.2) is 8.42 Å². The van der Waals surface area contributed by atoms with Crippen molar-refractivity contribution in [3.05, 3.63) is 60.2 Å². The van der Waals surface area contributed by atoms with Gasteiger partial charge in [-0.15, -0.1) is 0 Å². The van der Waals surface area contributed by atoms with Crippen LogP contribution in [0.1, 0.15) is 36.1 Å². The summed E-state index contributed by atoms with van der Waals surface area (Å²) in [6.07, 6.45) is 3.20. The van der Waals surface area contributed by atoms with Gasteiger partial charge in [-0.2, -0.15) is 9.71 Å². The first-order valence-corrected chi connectivity index (χ1v) is 9.92. The van der Waals surface area contributed by atoms with Crippen LogP contribution < -0.4 is 10.5 Å². The molecule has 0 bridgehead atoms. The van der Waals surface area contributed by atoms with E-state index in [9.17, 15) is 13.2 Å². The van der Waals surface area contributed by atoms with Gasteiger partial charge in [-0.1, -0.05) is 19.0 Å². The van der Waals surface area contributed by atoms with Crippen molar-refractivity contribution in [1.82, 2.24) is 19.8 Å². The molecule has 0 aliphatic heterocycles. The number of primary amides is 1. The van der Waals surface area contributed by atoms with Crippen LogP contribution >= 0.6 is 0 Å². The van der Waals surface area contributed by atoms with Crippen LogP contribution in [0.15, 0.2) is 58.2 Å². The van der Waals surface area contributed by atoms with Gasteiger partial charge in [-0.05, 0) is 42.3 Å². The number of aromatic nitrogens is 3. The number of pyridine rings is 1. The first-order chi connectivity index (χ1) is 13.3. The Morgan fingerprint density at radius 3 is 2.32 bits per heavy atom. The zero-order valence-electron chi connectivity index (χ0n) is 15.2. The Hall–Kier alpha value is -3.11. The lowest BCUT2D eigenvalue weighted by Crippen LogP contribution is -2.32. The third-order valence-corrected chi connectivity index (χ3v) is 5.50. The van der Waals surface area contributed by atoms with Gasteiger partial charge in [0.25, 0.3) is 0 Å². The van der Waals surface area contributed by atoms with Crippen molar-refractivity contribution in [2.24, 2.45) is 11.7 Å². The highest BCUT2D eigenvalue weighted by Crippen LogP contribution is 2.25. The molecule has 3 N–H and O–H groups in total. The normalized spacial score (nSPS) is 12.8. The molecule has 0 saturated heterocycles. The summed E-state index contributed by atoms with van der Waals surface area (Å²) in [6.45, 7) is 3.67. The molecule has 0 aliphatic rings. The molecule has 28 heavy (non-hydrogen) atoms. The maximum Gasteiger partial charge on any atom is 0.248 e. The zero-order valence-corrected chi connectivity index (χ0v) is 16.1. The number of hydrogen-bond acceptors (Lipinski definition) is 7. The molecule has 0 fully saturated rings. The maximum atomic E-state index is 12.8. The second kappa shape index (κ2) is 7.87. The lowest BCUT2D eigenvalue weighted by atomic mass is 10.1. The summed E-state index contributed by atoms with van der Waals surface area (Å²) >= 11 is 0. The van der Waals surface area contributed by atoms with Crippen molar-refractivity contribution in [3.8, 4) is 11.4 Å². The van der Waals surface area contributed by atoms with Gasteiger partial charge in [0.05, 0.1) is 4.90 Å². The van der Waals surface area contributed by atoms with Gasteiger partial charge >= 0.3 is 0 Å². The van der Waals surface area contributed by atoms with Gasteiger partial charge in [0, 0.05) is 23.5 Å². The number of sulfonamides is 1. The molecule has 0 aliphatic carbocycles. The number of benzene rings is 1. The predicted molar refractivity (Wildman–Crippen MR) is 100 cm³/mol. The van der Waals surface area contributed by atoms with Crippen molar-refractivity contribution >= 4 is 15.9 Å². The van der Waals surface area contributed by atoms with Gasteiger partial charge < -0.3 is 10.3 Å². The molecule has 3 aromatic rings. The van der Waals surface area contributed by atoms with E-state index in [2.05, 4.69) is 19.8 Å². The number of nitrogens with one attached hydrogen (secondary N) is 1. The third kappa shape index (κ3) is 4.24. The summed E-state index contributed by atoms with van der Waals surface area (Å²) in [4.78, 5) is 19.4. The summed E-state index contributed by atoms with van der Waals surface area (Å²) in [5, 5.41) is 3.92. The third-order valence-electron chi connectivity index (χ3n) is 4.04. The van der Waals surface area contributed by atoms with Crippen LogP contribution in [0.4, 0.5) is 0 Å². The molecular weight excluding hydrogens is 382 g/mol. The molecule has 2 heterocycles. The number of hydrogen-bond donors (Lipinski definition) is 2. The Morgan fingerprint density at radius 2 is 1.75 bits per heavy atom. The molecular formula is C18H19N5O4S. The summed E-state index contributed by atoms with van der Waals surface area (Å²) in [5.74, 6) is -0.302.